The van der Waals surface area contributed by atoms with Crippen LogP contribution in [-0.2, 0) is 5.41 Å². The maximum absolute atomic E-state index is 5.34. The van der Waals surface area contributed by atoms with E-state index in [4.69, 9.17) is 15.0 Å². The first-order valence-corrected chi connectivity index (χ1v) is 20.5. The molecule has 0 N–H and O–H groups in total. The van der Waals surface area contributed by atoms with Crippen LogP contribution in [0, 0.1) is 0 Å². The van der Waals surface area contributed by atoms with E-state index < -0.39 is 5.41 Å². The molecule has 0 radical (unpaired) electrons. The monoisotopic (exact) mass is 755 g/mol. The Morgan fingerprint density at radius 3 is 1.71 bits per heavy atom. The molecule has 1 spiro atoms. The van der Waals surface area contributed by atoms with Crippen molar-refractivity contribution in [3.05, 3.63) is 223 Å². The second-order valence-corrected chi connectivity index (χ2v) is 16.2. The summed E-state index contributed by atoms with van der Waals surface area (Å²) in [6.45, 7) is 0. The van der Waals surface area contributed by atoms with Crippen LogP contribution in [0.15, 0.2) is 210 Å². The van der Waals surface area contributed by atoms with Crippen LogP contribution in [-0.4, -0.2) is 15.0 Å². The van der Waals surface area contributed by atoms with E-state index >= 15 is 0 Å². The first-order chi connectivity index (χ1) is 28.7. The maximum Gasteiger partial charge on any atom is 0.160 e. The van der Waals surface area contributed by atoms with Gasteiger partial charge >= 0.3 is 0 Å². The summed E-state index contributed by atoms with van der Waals surface area (Å²) >= 11 is 1.87. The molecule has 1 aliphatic heterocycles. The summed E-state index contributed by atoms with van der Waals surface area (Å²) in [5, 5.41) is 4.69. The van der Waals surface area contributed by atoms with Crippen LogP contribution in [0.4, 0.5) is 0 Å². The molecular formula is C54H33N3S. The standard InChI is InChI=1S/C54H33N3S/c1-2-14-35(15-3-1)53-56-49(31-50(57-53)43-20-12-17-34-13-4-6-18-39(34)43)37-26-28-42-41-27-25-36(44-33-55-32-38-16-5-7-19-40(38)44)29-47(41)54(48(42)30-37)45-21-8-10-23-51(45)58-52-24-11-9-22-46(52)54/h1-33H. The number of benzene rings is 8. The molecule has 0 atom stereocenters. The molecule has 0 fully saturated rings. The van der Waals surface area contributed by atoms with E-state index in [9.17, 15) is 0 Å². The number of hydrogen-bond acceptors (Lipinski definition) is 4. The van der Waals surface area contributed by atoms with Crippen molar-refractivity contribution in [3.8, 4) is 56.2 Å². The molecule has 58 heavy (non-hydrogen) atoms. The zero-order valence-corrected chi connectivity index (χ0v) is 32.1. The third-order valence-electron chi connectivity index (χ3n) is 12.0. The van der Waals surface area contributed by atoms with Crippen LogP contribution in [0.2, 0.25) is 0 Å². The Kier molecular flexibility index (Phi) is 7.38. The Balaban J connectivity index is 1.13. The Hall–Kier alpha value is -7.14. The largest absolute Gasteiger partial charge is 0.263 e. The molecule has 0 unspecified atom stereocenters. The Labute approximate surface area is 340 Å². The summed E-state index contributed by atoms with van der Waals surface area (Å²) in [6.07, 6.45) is 3.97. The van der Waals surface area contributed by atoms with E-state index in [2.05, 4.69) is 182 Å². The molecule has 2 aromatic heterocycles. The smallest absolute Gasteiger partial charge is 0.160 e. The van der Waals surface area contributed by atoms with Gasteiger partial charge in [0.15, 0.2) is 5.82 Å². The van der Waals surface area contributed by atoms with Gasteiger partial charge in [-0.2, -0.15) is 0 Å². The SMILES string of the molecule is c1ccc(-c2nc(-c3ccc4c(c3)C3(c5ccccc5Sc5ccccc53)c3cc(-c5cncc6ccccc56)ccc3-4)cc(-c3cccc4ccccc34)n2)cc1. The first kappa shape index (κ1) is 33.0. The topological polar surface area (TPSA) is 38.7 Å². The van der Waals surface area contributed by atoms with E-state index in [0.717, 1.165) is 44.6 Å². The second kappa shape index (κ2) is 13.0. The van der Waals surface area contributed by atoms with Gasteiger partial charge in [-0.15, -0.1) is 0 Å². The summed E-state index contributed by atoms with van der Waals surface area (Å²) < 4.78 is 0. The highest BCUT2D eigenvalue weighted by molar-refractivity contribution is 7.99. The first-order valence-electron chi connectivity index (χ1n) is 19.7. The van der Waals surface area contributed by atoms with Gasteiger partial charge in [-0.1, -0.05) is 169 Å². The van der Waals surface area contributed by atoms with Gasteiger partial charge in [0.25, 0.3) is 0 Å². The fourth-order valence-electron chi connectivity index (χ4n) is 9.47. The molecule has 270 valence electrons. The third kappa shape index (κ3) is 4.92. The maximum atomic E-state index is 5.34. The van der Waals surface area contributed by atoms with Crippen LogP contribution in [0.25, 0.3) is 77.7 Å². The predicted octanol–water partition coefficient (Wildman–Crippen LogP) is 13.7. The zero-order valence-electron chi connectivity index (χ0n) is 31.3. The minimum atomic E-state index is -0.569. The van der Waals surface area contributed by atoms with Crippen molar-refractivity contribution in [2.75, 3.05) is 0 Å². The summed E-state index contributed by atoms with van der Waals surface area (Å²) in [4.78, 5) is 17.8. The van der Waals surface area contributed by atoms with E-state index in [0.29, 0.717) is 5.82 Å². The fourth-order valence-corrected chi connectivity index (χ4v) is 10.7. The molecule has 3 nitrogen and oxygen atoms in total. The summed E-state index contributed by atoms with van der Waals surface area (Å²) in [6, 6.07) is 68.1. The minimum Gasteiger partial charge on any atom is -0.263 e. The molecule has 0 amide bonds. The number of nitrogens with zero attached hydrogens (tertiary/aromatic N) is 3. The average molecular weight is 756 g/mol. The van der Waals surface area contributed by atoms with Crippen LogP contribution in [0.5, 0.6) is 0 Å². The summed E-state index contributed by atoms with van der Waals surface area (Å²) in [5.74, 6) is 0.706. The van der Waals surface area contributed by atoms with Crippen molar-refractivity contribution in [2.45, 2.75) is 15.2 Å². The summed E-state index contributed by atoms with van der Waals surface area (Å²) in [5.41, 5.74) is 14.3. The van der Waals surface area contributed by atoms with Crippen molar-refractivity contribution in [1.29, 1.82) is 0 Å². The molecule has 1 aliphatic carbocycles. The lowest BCUT2D eigenvalue weighted by atomic mass is 9.67. The molecule has 8 aromatic carbocycles. The number of fused-ring (bicyclic) bond motifs is 11. The molecule has 0 saturated heterocycles. The van der Waals surface area contributed by atoms with Gasteiger partial charge in [-0.3, -0.25) is 4.98 Å². The zero-order chi connectivity index (χ0) is 38.2. The van der Waals surface area contributed by atoms with Gasteiger partial charge in [-0.05, 0) is 85.4 Å². The highest BCUT2D eigenvalue weighted by Gasteiger charge is 2.50. The Morgan fingerprint density at radius 1 is 0.362 bits per heavy atom. The second-order valence-electron chi connectivity index (χ2n) is 15.1. The van der Waals surface area contributed by atoms with Crippen molar-refractivity contribution in [2.24, 2.45) is 0 Å². The lowest BCUT2D eigenvalue weighted by Crippen LogP contribution is -2.32. The quantitative estimate of drug-likeness (QED) is 0.179. The average Bonchev–Trinajstić information content (AvgIpc) is 3.58. The molecule has 2 aliphatic rings. The molecule has 0 saturated carbocycles. The normalized spacial score (nSPS) is 13.2. The van der Waals surface area contributed by atoms with Crippen LogP contribution in [0.3, 0.4) is 0 Å². The molecule has 10 aromatic rings. The third-order valence-corrected chi connectivity index (χ3v) is 13.2. The molecular weight excluding hydrogens is 723 g/mol. The highest BCUT2D eigenvalue weighted by atomic mass is 32.2. The van der Waals surface area contributed by atoms with Gasteiger partial charge in [0, 0.05) is 49.8 Å². The van der Waals surface area contributed by atoms with E-state index in [1.807, 2.05) is 30.2 Å². The van der Waals surface area contributed by atoms with Gasteiger partial charge in [0.1, 0.15) is 0 Å². The van der Waals surface area contributed by atoms with E-state index in [1.54, 1.807) is 0 Å². The van der Waals surface area contributed by atoms with Crippen molar-refractivity contribution < 1.29 is 0 Å². The number of pyridine rings is 1. The Morgan fingerprint density at radius 2 is 0.948 bits per heavy atom. The highest BCUT2D eigenvalue weighted by Crippen LogP contribution is 2.63. The van der Waals surface area contributed by atoms with E-state index in [1.165, 1.54) is 59.3 Å². The lowest BCUT2D eigenvalue weighted by molar-refractivity contribution is 0.723. The number of aromatic nitrogens is 3. The lowest BCUT2D eigenvalue weighted by Gasteiger charge is -2.40. The summed E-state index contributed by atoms with van der Waals surface area (Å²) in [7, 11) is 0. The fraction of sp³-hybridized carbons (Fsp3) is 0.0185. The molecule has 4 heteroatoms. The van der Waals surface area contributed by atoms with Gasteiger partial charge in [0.2, 0.25) is 0 Å². The minimum absolute atomic E-state index is 0.569. The van der Waals surface area contributed by atoms with Gasteiger partial charge < -0.3 is 0 Å². The van der Waals surface area contributed by atoms with Crippen LogP contribution < -0.4 is 0 Å². The molecule has 0 bridgehead atoms. The van der Waals surface area contributed by atoms with Crippen molar-refractivity contribution in [3.63, 3.8) is 0 Å². The number of rotatable bonds is 4. The van der Waals surface area contributed by atoms with Crippen LogP contribution in [0.1, 0.15) is 22.3 Å². The Bertz CT molecular complexity index is 3220. The molecule has 3 heterocycles. The van der Waals surface area contributed by atoms with Gasteiger partial charge in [0.05, 0.1) is 16.8 Å². The van der Waals surface area contributed by atoms with Crippen molar-refractivity contribution in [1.82, 2.24) is 15.0 Å². The van der Waals surface area contributed by atoms with Gasteiger partial charge in [-0.25, -0.2) is 9.97 Å². The number of hydrogen-bond donors (Lipinski definition) is 0. The molecule has 12 rings (SSSR count). The predicted molar refractivity (Wildman–Crippen MR) is 238 cm³/mol. The van der Waals surface area contributed by atoms with Crippen LogP contribution >= 0.6 is 11.8 Å². The van der Waals surface area contributed by atoms with Crippen molar-refractivity contribution >= 4 is 33.3 Å². The van der Waals surface area contributed by atoms with E-state index in [-0.39, 0.29) is 0 Å².